The molecule has 1 atom stereocenters. The lowest BCUT2D eigenvalue weighted by Crippen LogP contribution is -2.50. The van der Waals surface area contributed by atoms with Crippen molar-refractivity contribution in [2.45, 2.75) is 5.72 Å². The summed E-state index contributed by atoms with van der Waals surface area (Å²) < 4.78 is 8.06. The predicted octanol–water partition coefficient (Wildman–Crippen LogP) is -1.08. The maximum Gasteiger partial charge on any atom is 0.351 e. The molecule has 5 N–H and O–H groups in total. The zero-order valence-electron chi connectivity index (χ0n) is 4.44. The summed E-state index contributed by atoms with van der Waals surface area (Å²) in [6, 6.07) is 0. The standard InChI is InChI=1S/C3H7NO4S/c4-3(7,1-9-8)2(5)6/h7-8H,1,4H2,(H,5,6)/t3-/m1/s1. The van der Waals surface area contributed by atoms with Crippen LogP contribution in [0, 0.1) is 0 Å². The molecule has 0 saturated carbocycles. The van der Waals surface area contributed by atoms with E-state index in [4.69, 9.17) is 20.5 Å². The van der Waals surface area contributed by atoms with Gasteiger partial charge in [-0.15, -0.1) is 0 Å². The third kappa shape index (κ3) is 2.66. The van der Waals surface area contributed by atoms with Crippen LogP contribution < -0.4 is 5.73 Å². The van der Waals surface area contributed by atoms with Crippen molar-refractivity contribution in [1.82, 2.24) is 0 Å². The number of aliphatic hydroxyl groups is 1. The Morgan fingerprint density at radius 3 is 2.33 bits per heavy atom. The average molecular weight is 153 g/mol. The Morgan fingerprint density at radius 1 is 1.78 bits per heavy atom. The van der Waals surface area contributed by atoms with Crippen molar-refractivity contribution < 1.29 is 19.6 Å². The molecular formula is C3H7NO4S. The number of carbonyl (C=O) groups is 1. The van der Waals surface area contributed by atoms with Crippen molar-refractivity contribution in [1.29, 1.82) is 0 Å². The van der Waals surface area contributed by atoms with Crippen molar-refractivity contribution in [2.24, 2.45) is 5.73 Å². The average Bonchev–Trinajstić information content (AvgIpc) is 1.65. The smallest absolute Gasteiger partial charge is 0.351 e. The zero-order valence-corrected chi connectivity index (χ0v) is 5.26. The molecule has 0 radical (unpaired) electrons. The molecular weight excluding hydrogens is 146 g/mol. The summed E-state index contributed by atoms with van der Waals surface area (Å²) in [6.07, 6.45) is 0. The van der Waals surface area contributed by atoms with Crippen LogP contribution in [-0.4, -0.2) is 32.2 Å². The quantitative estimate of drug-likeness (QED) is 0.304. The van der Waals surface area contributed by atoms with E-state index in [0.717, 1.165) is 0 Å². The van der Waals surface area contributed by atoms with Gasteiger partial charge in [0, 0.05) is 0 Å². The molecule has 0 aromatic heterocycles. The fraction of sp³-hybridized carbons (Fsp3) is 0.667. The van der Waals surface area contributed by atoms with E-state index in [1.807, 2.05) is 0 Å². The predicted molar refractivity (Wildman–Crippen MR) is 31.9 cm³/mol. The highest BCUT2D eigenvalue weighted by molar-refractivity contribution is 7.93. The van der Waals surface area contributed by atoms with Crippen molar-refractivity contribution in [3.63, 3.8) is 0 Å². The van der Waals surface area contributed by atoms with Crippen molar-refractivity contribution in [3.05, 3.63) is 0 Å². The molecule has 0 amide bonds. The van der Waals surface area contributed by atoms with E-state index in [0.29, 0.717) is 0 Å². The molecule has 6 heteroatoms. The van der Waals surface area contributed by atoms with Crippen LogP contribution in [0.5, 0.6) is 0 Å². The molecule has 0 aliphatic heterocycles. The second kappa shape index (κ2) is 3.02. The first-order chi connectivity index (χ1) is 4.00. The number of hydrogen-bond acceptors (Lipinski definition) is 5. The molecule has 0 aliphatic rings. The third-order valence-corrected chi connectivity index (χ3v) is 1.22. The van der Waals surface area contributed by atoms with Crippen molar-refractivity contribution in [2.75, 3.05) is 5.75 Å². The Labute approximate surface area is 55.7 Å². The van der Waals surface area contributed by atoms with E-state index in [2.05, 4.69) is 0 Å². The largest absolute Gasteiger partial charge is 0.478 e. The van der Waals surface area contributed by atoms with Gasteiger partial charge < -0.3 is 14.8 Å². The Balaban J connectivity index is 3.85. The van der Waals surface area contributed by atoms with Crippen LogP contribution in [0.3, 0.4) is 0 Å². The highest BCUT2D eigenvalue weighted by Crippen LogP contribution is 2.03. The molecule has 9 heavy (non-hydrogen) atoms. The summed E-state index contributed by atoms with van der Waals surface area (Å²) in [5, 5.41) is 16.7. The summed E-state index contributed by atoms with van der Waals surface area (Å²) in [7, 11) is 0. The summed E-state index contributed by atoms with van der Waals surface area (Å²) in [4.78, 5) is 9.91. The Bertz CT molecular complexity index is 114. The number of carboxylic acid groups (broad SMARTS) is 1. The normalized spacial score (nSPS) is 16.8. The van der Waals surface area contributed by atoms with Gasteiger partial charge in [0.1, 0.15) is 0 Å². The van der Waals surface area contributed by atoms with E-state index in [-0.39, 0.29) is 12.0 Å². The first-order valence-electron chi connectivity index (χ1n) is 2.01. The van der Waals surface area contributed by atoms with Crippen LogP contribution in [0.15, 0.2) is 0 Å². The van der Waals surface area contributed by atoms with Crippen molar-refractivity contribution in [3.8, 4) is 0 Å². The van der Waals surface area contributed by atoms with Crippen LogP contribution in [0.4, 0.5) is 0 Å². The monoisotopic (exact) mass is 153 g/mol. The summed E-state index contributed by atoms with van der Waals surface area (Å²) >= 11 is 0.181. The summed E-state index contributed by atoms with van der Waals surface area (Å²) in [6.45, 7) is 0. The van der Waals surface area contributed by atoms with Gasteiger partial charge in [0.15, 0.2) is 0 Å². The second-order valence-electron chi connectivity index (χ2n) is 1.50. The minimum absolute atomic E-state index is 0.181. The summed E-state index contributed by atoms with van der Waals surface area (Å²) in [5.41, 5.74) is 2.43. The molecule has 0 spiro atoms. The molecule has 0 aromatic carbocycles. The van der Waals surface area contributed by atoms with Crippen LogP contribution in [0.1, 0.15) is 0 Å². The van der Waals surface area contributed by atoms with Crippen LogP contribution in [0.25, 0.3) is 0 Å². The molecule has 0 aliphatic carbocycles. The number of rotatable bonds is 3. The lowest BCUT2D eigenvalue weighted by Gasteiger charge is -2.13. The van der Waals surface area contributed by atoms with E-state index in [1.165, 1.54) is 0 Å². The van der Waals surface area contributed by atoms with Gasteiger partial charge in [0.25, 0.3) is 0 Å². The van der Waals surface area contributed by atoms with Gasteiger partial charge in [-0.1, -0.05) is 0 Å². The number of nitrogens with two attached hydrogens (primary N) is 1. The van der Waals surface area contributed by atoms with E-state index >= 15 is 0 Å². The first-order valence-corrected chi connectivity index (χ1v) is 2.96. The van der Waals surface area contributed by atoms with Gasteiger partial charge in [0.05, 0.1) is 5.75 Å². The van der Waals surface area contributed by atoms with E-state index in [9.17, 15) is 4.79 Å². The minimum atomic E-state index is -2.32. The Kier molecular flexibility index (Phi) is 2.92. The van der Waals surface area contributed by atoms with Crippen LogP contribution in [-0.2, 0) is 4.79 Å². The highest BCUT2D eigenvalue weighted by Gasteiger charge is 2.30. The fourth-order valence-electron chi connectivity index (χ4n) is 0.160. The molecule has 0 fully saturated rings. The van der Waals surface area contributed by atoms with Gasteiger partial charge in [0.2, 0.25) is 5.72 Å². The van der Waals surface area contributed by atoms with Gasteiger partial charge >= 0.3 is 5.97 Å². The lowest BCUT2D eigenvalue weighted by molar-refractivity contribution is -0.155. The van der Waals surface area contributed by atoms with Crippen molar-refractivity contribution >= 4 is 18.0 Å². The van der Waals surface area contributed by atoms with Crippen LogP contribution in [0.2, 0.25) is 0 Å². The highest BCUT2D eigenvalue weighted by atomic mass is 32.2. The number of aliphatic carboxylic acids is 1. The zero-order chi connectivity index (χ0) is 7.49. The number of carboxylic acids is 1. The van der Waals surface area contributed by atoms with E-state index in [1.54, 1.807) is 0 Å². The summed E-state index contributed by atoms with van der Waals surface area (Å²) in [5.74, 6) is -1.99. The molecule has 0 bridgehead atoms. The van der Waals surface area contributed by atoms with Gasteiger partial charge in [-0.05, 0) is 12.0 Å². The molecule has 0 saturated heterocycles. The fourth-order valence-corrected chi connectivity index (χ4v) is 0.480. The van der Waals surface area contributed by atoms with Gasteiger partial charge in [-0.25, -0.2) is 4.79 Å². The van der Waals surface area contributed by atoms with Gasteiger partial charge in [-0.2, -0.15) is 0 Å². The Hall–Kier alpha value is -0.300. The Morgan fingerprint density at radius 2 is 2.22 bits per heavy atom. The maximum absolute atomic E-state index is 9.91. The topological polar surface area (TPSA) is 104 Å². The maximum atomic E-state index is 9.91. The molecule has 5 nitrogen and oxygen atoms in total. The van der Waals surface area contributed by atoms with Gasteiger partial charge in [-0.3, -0.25) is 5.73 Å². The third-order valence-electron chi connectivity index (χ3n) is 0.655. The molecule has 0 unspecified atom stereocenters. The molecule has 0 rings (SSSR count). The van der Waals surface area contributed by atoms with Crippen LogP contribution >= 0.6 is 12.0 Å². The first kappa shape index (κ1) is 8.70. The second-order valence-corrected chi connectivity index (χ2v) is 2.05. The minimum Gasteiger partial charge on any atom is -0.478 e. The lowest BCUT2D eigenvalue weighted by atomic mass is 10.3. The number of hydrogen-bond donors (Lipinski definition) is 4. The molecule has 0 aromatic rings. The van der Waals surface area contributed by atoms with E-state index < -0.39 is 17.4 Å². The molecule has 54 valence electrons. The molecule has 0 heterocycles. The SMILES string of the molecule is N[C@@](O)(CSO)C(=O)O.